The molecule has 0 saturated carbocycles. The Bertz CT molecular complexity index is 773. The van der Waals surface area contributed by atoms with E-state index in [9.17, 15) is 4.79 Å². The Morgan fingerprint density at radius 1 is 1.04 bits per heavy atom. The van der Waals surface area contributed by atoms with Crippen LogP contribution in [0.2, 0.25) is 0 Å². The molecule has 1 saturated heterocycles. The molecule has 3 nitrogen and oxygen atoms in total. The van der Waals surface area contributed by atoms with Gasteiger partial charge >= 0.3 is 0 Å². The molecule has 2 aromatic carbocycles. The first-order valence-corrected chi connectivity index (χ1v) is 9.88. The van der Waals surface area contributed by atoms with Gasteiger partial charge in [-0.3, -0.25) is 9.69 Å². The van der Waals surface area contributed by atoms with Crippen LogP contribution in [-0.4, -0.2) is 29.9 Å². The fourth-order valence-electron chi connectivity index (χ4n) is 4.19. The molecule has 2 aliphatic rings. The largest absolute Gasteiger partial charge is 0.349 e. The van der Waals surface area contributed by atoms with Gasteiger partial charge in [-0.15, -0.1) is 0 Å². The number of piperidine rings is 1. The minimum absolute atomic E-state index is 0.0575. The highest BCUT2D eigenvalue weighted by molar-refractivity contribution is 5.94. The summed E-state index contributed by atoms with van der Waals surface area (Å²) in [7, 11) is 0. The van der Waals surface area contributed by atoms with Crippen molar-refractivity contribution in [3.05, 3.63) is 70.3 Å². The lowest BCUT2D eigenvalue weighted by Crippen LogP contribution is -2.44. The number of hydrogen-bond donors (Lipinski definition) is 1. The maximum absolute atomic E-state index is 12.4. The molecule has 0 spiro atoms. The summed E-state index contributed by atoms with van der Waals surface area (Å²) in [6.45, 7) is 5.18. The standard InChI is InChI=1S/C23H28N2O/c1-17-5-8-20(9-6-17)23(26)24-22-11-13-25(14-12-22)16-18-7-10-19-3-2-4-21(19)15-18/h5-10,15,22H,2-4,11-14,16H2,1H3,(H,24,26). The lowest BCUT2D eigenvalue weighted by atomic mass is 10.0. The maximum atomic E-state index is 12.4. The molecule has 0 atom stereocenters. The predicted octanol–water partition coefficient (Wildman–Crippen LogP) is 3.88. The second-order valence-electron chi connectivity index (χ2n) is 7.85. The van der Waals surface area contributed by atoms with Crippen LogP contribution in [0.3, 0.4) is 0 Å². The third kappa shape index (κ3) is 3.99. The van der Waals surface area contributed by atoms with Crippen molar-refractivity contribution < 1.29 is 4.79 Å². The normalized spacial score (nSPS) is 17.9. The summed E-state index contributed by atoms with van der Waals surface area (Å²) in [5.74, 6) is 0.0575. The zero-order valence-electron chi connectivity index (χ0n) is 15.6. The van der Waals surface area contributed by atoms with Crippen molar-refractivity contribution in [3.8, 4) is 0 Å². The van der Waals surface area contributed by atoms with Crippen LogP contribution in [0.15, 0.2) is 42.5 Å². The summed E-state index contributed by atoms with van der Waals surface area (Å²) >= 11 is 0. The van der Waals surface area contributed by atoms with Crippen molar-refractivity contribution in [3.63, 3.8) is 0 Å². The van der Waals surface area contributed by atoms with E-state index in [1.54, 1.807) is 11.1 Å². The van der Waals surface area contributed by atoms with Gasteiger partial charge in [0, 0.05) is 31.2 Å². The Morgan fingerprint density at radius 3 is 2.54 bits per heavy atom. The van der Waals surface area contributed by atoms with Gasteiger partial charge in [0.2, 0.25) is 0 Å². The molecular formula is C23H28N2O. The summed E-state index contributed by atoms with van der Waals surface area (Å²) in [5.41, 5.74) is 6.49. The Hall–Kier alpha value is -2.13. The van der Waals surface area contributed by atoms with E-state index in [4.69, 9.17) is 0 Å². The molecule has 136 valence electrons. The second kappa shape index (κ2) is 7.63. The van der Waals surface area contributed by atoms with Gasteiger partial charge < -0.3 is 5.32 Å². The summed E-state index contributed by atoms with van der Waals surface area (Å²) in [6, 6.07) is 15.1. The molecule has 26 heavy (non-hydrogen) atoms. The first-order chi connectivity index (χ1) is 12.7. The van der Waals surface area contributed by atoms with Crippen LogP contribution in [0.4, 0.5) is 0 Å². The van der Waals surface area contributed by atoms with Gasteiger partial charge in [-0.05, 0) is 67.9 Å². The molecular weight excluding hydrogens is 320 g/mol. The van der Waals surface area contributed by atoms with E-state index in [1.165, 1.54) is 30.4 Å². The molecule has 1 heterocycles. The Labute approximate surface area is 156 Å². The minimum Gasteiger partial charge on any atom is -0.349 e. The highest BCUT2D eigenvalue weighted by atomic mass is 16.1. The molecule has 1 amide bonds. The van der Waals surface area contributed by atoms with Crippen LogP contribution in [0, 0.1) is 6.92 Å². The predicted molar refractivity (Wildman–Crippen MR) is 105 cm³/mol. The summed E-state index contributed by atoms with van der Waals surface area (Å²) < 4.78 is 0. The van der Waals surface area contributed by atoms with Gasteiger partial charge in [-0.2, -0.15) is 0 Å². The number of hydrogen-bond acceptors (Lipinski definition) is 2. The number of amides is 1. The van der Waals surface area contributed by atoms with E-state index in [2.05, 4.69) is 28.4 Å². The van der Waals surface area contributed by atoms with E-state index < -0.39 is 0 Å². The van der Waals surface area contributed by atoms with E-state index in [1.807, 2.05) is 31.2 Å². The van der Waals surface area contributed by atoms with Crippen molar-refractivity contribution in [2.45, 2.75) is 51.6 Å². The number of carbonyl (C=O) groups is 1. The second-order valence-corrected chi connectivity index (χ2v) is 7.85. The Balaban J connectivity index is 1.27. The van der Waals surface area contributed by atoms with Crippen LogP contribution in [0.5, 0.6) is 0 Å². The lowest BCUT2D eigenvalue weighted by Gasteiger charge is -2.32. The average Bonchev–Trinajstić information content (AvgIpc) is 3.12. The summed E-state index contributed by atoms with van der Waals surface area (Å²) in [5, 5.41) is 3.21. The number of carbonyl (C=O) groups excluding carboxylic acids is 1. The molecule has 1 aliphatic carbocycles. The SMILES string of the molecule is Cc1ccc(C(=O)NC2CCN(Cc3ccc4c(c3)CCC4)CC2)cc1. The molecule has 4 rings (SSSR count). The van der Waals surface area contributed by atoms with Gasteiger partial charge in [-0.25, -0.2) is 0 Å². The quantitative estimate of drug-likeness (QED) is 0.909. The van der Waals surface area contributed by atoms with Crippen molar-refractivity contribution in [1.29, 1.82) is 0 Å². The highest BCUT2D eigenvalue weighted by Crippen LogP contribution is 2.24. The number of aryl methyl sites for hydroxylation is 3. The van der Waals surface area contributed by atoms with Crippen LogP contribution >= 0.6 is 0 Å². The third-order valence-electron chi connectivity index (χ3n) is 5.81. The van der Waals surface area contributed by atoms with Crippen LogP contribution in [0.1, 0.15) is 51.9 Å². The molecule has 0 aromatic heterocycles. The van der Waals surface area contributed by atoms with Crippen LogP contribution < -0.4 is 5.32 Å². The van der Waals surface area contributed by atoms with E-state index in [0.717, 1.165) is 38.0 Å². The Kier molecular flexibility index (Phi) is 5.07. The minimum atomic E-state index is 0.0575. The molecule has 0 unspecified atom stereocenters. The number of nitrogens with zero attached hydrogens (tertiary/aromatic N) is 1. The first kappa shape index (κ1) is 17.3. The van der Waals surface area contributed by atoms with Gasteiger partial charge in [0.25, 0.3) is 5.91 Å². The average molecular weight is 348 g/mol. The highest BCUT2D eigenvalue weighted by Gasteiger charge is 2.21. The molecule has 3 heteroatoms. The zero-order valence-corrected chi connectivity index (χ0v) is 15.6. The van der Waals surface area contributed by atoms with Gasteiger partial charge in [0.1, 0.15) is 0 Å². The lowest BCUT2D eigenvalue weighted by molar-refractivity contribution is 0.0909. The fourth-order valence-corrected chi connectivity index (χ4v) is 4.19. The fraction of sp³-hybridized carbons (Fsp3) is 0.435. The summed E-state index contributed by atoms with van der Waals surface area (Å²) in [4.78, 5) is 14.9. The van der Waals surface area contributed by atoms with Gasteiger partial charge in [-0.1, -0.05) is 35.9 Å². The van der Waals surface area contributed by atoms with E-state index in [-0.39, 0.29) is 5.91 Å². The van der Waals surface area contributed by atoms with Crippen LogP contribution in [-0.2, 0) is 19.4 Å². The molecule has 0 radical (unpaired) electrons. The molecule has 2 aromatic rings. The molecule has 1 fully saturated rings. The smallest absolute Gasteiger partial charge is 0.251 e. The number of fused-ring (bicyclic) bond motifs is 1. The number of nitrogens with one attached hydrogen (secondary N) is 1. The van der Waals surface area contributed by atoms with Crippen molar-refractivity contribution in [1.82, 2.24) is 10.2 Å². The van der Waals surface area contributed by atoms with Crippen molar-refractivity contribution in [2.75, 3.05) is 13.1 Å². The molecule has 1 N–H and O–H groups in total. The maximum Gasteiger partial charge on any atom is 0.251 e. The van der Waals surface area contributed by atoms with E-state index >= 15 is 0 Å². The number of benzene rings is 2. The van der Waals surface area contributed by atoms with E-state index in [0.29, 0.717) is 6.04 Å². The van der Waals surface area contributed by atoms with Crippen molar-refractivity contribution in [2.24, 2.45) is 0 Å². The number of likely N-dealkylation sites (tertiary alicyclic amines) is 1. The third-order valence-corrected chi connectivity index (χ3v) is 5.81. The first-order valence-electron chi connectivity index (χ1n) is 9.88. The number of rotatable bonds is 4. The zero-order chi connectivity index (χ0) is 17.9. The van der Waals surface area contributed by atoms with Gasteiger partial charge in [0.15, 0.2) is 0 Å². The monoisotopic (exact) mass is 348 g/mol. The topological polar surface area (TPSA) is 32.3 Å². The summed E-state index contributed by atoms with van der Waals surface area (Å²) in [6.07, 6.45) is 5.87. The van der Waals surface area contributed by atoms with Crippen LogP contribution in [0.25, 0.3) is 0 Å². The van der Waals surface area contributed by atoms with Gasteiger partial charge in [0.05, 0.1) is 0 Å². The Morgan fingerprint density at radius 2 is 1.77 bits per heavy atom. The molecule has 0 bridgehead atoms. The molecule has 1 aliphatic heterocycles. The van der Waals surface area contributed by atoms with Crippen molar-refractivity contribution >= 4 is 5.91 Å².